The van der Waals surface area contributed by atoms with Crippen LogP contribution in [-0.2, 0) is 0 Å². The SMILES string of the molecule is Clc1ccc(C2=CC=CC2)cc1C1=CC=CC1. The highest BCUT2D eigenvalue weighted by molar-refractivity contribution is 6.32. The maximum atomic E-state index is 6.28. The molecule has 0 saturated heterocycles. The summed E-state index contributed by atoms with van der Waals surface area (Å²) in [6.07, 6.45) is 14.9. The molecule has 0 amide bonds. The second-order valence-electron chi connectivity index (χ2n) is 4.34. The van der Waals surface area contributed by atoms with E-state index >= 15 is 0 Å². The normalized spacial score (nSPS) is 17.5. The van der Waals surface area contributed by atoms with Gasteiger partial charge in [0, 0.05) is 5.02 Å². The minimum Gasteiger partial charge on any atom is -0.0837 e. The molecule has 0 saturated carbocycles. The topological polar surface area (TPSA) is 0 Å². The van der Waals surface area contributed by atoms with Crippen molar-refractivity contribution in [3.8, 4) is 0 Å². The predicted octanol–water partition coefficient (Wildman–Crippen LogP) is 5.03. The van der Waals surface area contributed by atoms with Crippen molar-refractivity contribution in [2.75, 3.05) is 0 Å². The molecule has 0 nitrogen and oxygen atoms in total. The molecule has 1 heteroatoms. The molecular formula is C16H13Cl. The van der Waals surface area contributed by atoms with Gasteiger partial charge in [-0.1, -0.05) is 54.1 Å². The van der Waals surface area contributed by atoms with Crippen LogP contribution < -0.4 is 0 Å². The van der Waals surface area contributed by atoms with Gasteiger partial charge >= 0.3 is 0 Å². The van der Waals surface area contributed by atoms with Crippen molar-refractivity contribution >= 4 is 22.7 Å². The van der Waals surface area contributed by atoms with Crippen LogP contribution in [0.3, 0.4) is 0 Å². The molecule has 84 valence electrons. The van der Waals surface area contributed by atoms with Crippen LogP contribution >= 0.6 is 11.6 Å². The largest absolute Gasteiger partial charge is 0.0837 e. The third kappa shape index (κ3) is 2.01. The number of halogens is 1. The molecule has 0 aliphatic heterocycles. The average molecular weight is 241 g/mol. The Labute approximate surface area is 107 Å². The highest BCUT2D eigenvalue weighted by atomic mass is 35.5. The van der Waals surface area contributed by atoms with Crippen LogP contribution in [0.15, 0.2) is 54.7 Å². The summed E-state index contributed by atoms with van der Waals surface area (Å²) in [6, 6.07) is 6.32. The van der Waals surface area contributed by atoms with Gasteiger partial charge < -0.3 is 0 Å². The first-order chi connectivity index (χ1) is 8.34. The van der Waals surface area contributed by atoms with Crippen molar-refractivity contribution in [3.05, 3.63) is 70.8 Å². The molecule has 0 aromatic heterocycles. The molecule has 17 heavy (non-hydrogen) atoms. The zero-order chi connectivity index (χ0) is 11.7. The summed E-state index contributed by atoms with van der Waals surface area (Å²) >= 11 is 6.28. The number of rotatable bonds is 2. The van der Waals surface area contributed by atoms with Crippen LogP contribution in [0, 0.1) is 0 Å². The van der Waals surface area contributed by atoms with Crippen molar-refractivity contribution in [2.24, 2.45) is 0 Å². The summed E-state index contributed by atoms with van der Waals surface area (Å²) in [7, 11) is 0. The zero-order valence-electron chi connectivity index (χ0n) is 9.49. The summed E-state index contributed by atoms with van der Waals surface area (Å²) in [5, 5.41) is 0.843. The van der Waals surface area contributed by atoms with E-state index in [-0.39, 0.29) is 0 Å². The molecule has 0 bridgehead atoms. The van der Waals surface area contributed by atoms with E-state index in [1.165, 1.54) is 22.3 Å². The Balaban J connectivity index is 2.00. The lowest BCUT2D eigenvalue weighted by Crippen LogP contribution is -1.88. The summed E-state index contributed by atoms with van der Waals surface area (Å²) in [5.74, 6) is 0. The second-order valence-corrected chi connectivity index (χ2v) is 4.75. The van der Waals surface area contributed by atoms with E-state index in [1.807, 2.05) is 6.07 Å². The fraction of sp³-hybridized carbons (Fsp3) is 0.125. The molecule has 3 rings (SSSR count). The molecule has 0 spiro atoms. The van der Waals surface area contributed by atoms with E-state index in [9.17, 15) is 0 Å². The van der Waals surface area contributed by atoms with E-state index < -0.39 is 0 Å². The molecule has 0 unspecified atom stereocenters. The molecule has 0 fully saturated rings. The molecule has 1 aromatic rings. The van der Waals surface area contributed by atoms with Gasteiger partial charge in [0.2, 0.25) is 0 Å². The maximum absolute atomic E-state index is 6.28. The first kappa shape index (κ1) is 10.6. The van der Waals surface area contributed by atoms with Crippen molar-refractivity contribution in [1.82, 2.24) is 0 Å². The van der Waals surface area contributed by atoms with Crippen LogP contribution in [0.2, 0.25) is 5.02 Å². The van der Waals surface area contributed by atoms with Crippen LogP contribution in [0.5, 0.6) is 0 Å². The van der Waals surface area contributed by atoms with Gasteiger partial charge in [-0.25, -0.2) is 0 Å². The minimum atomic E-state index is 0.843. The quantitative estimate of drug-likeness (QED) is 0.680. The average Bonchev–Trinajstić information content (AvgIpc) is 3.03. The second kappa shape index (κ2) is 4.38. The Morgan fingerprint density at radius 3 is 2.24 bits per heavy atom. The van der Waals surface area contributed by atoms with E-state index in [0.29, 0.717) is 0 Å². The minimum absolute atomic E-state index is 0.843. The van der Waals surface area contributed by atoms with Gasteiger partial charge in [0.1, 0.15) is 0 Å². The third-order valence-electron chi connectivity index (χ3n) is 3.23. The molecule has 0 radical (unpaired) electrons. The lowest BCUT2D eigenvalue weighted by atomic mass is 9.98. The fourth-order valence-corrected chi connectivity index (χ4v) is 2.52. The Kier molecular flexibility index (Phi) is 2.74. The number of benzene rings is 1. The molecule has 0 heterocycles. The van der Waals surface area contributed by atoms with Gasteiger partial charge in [0.05, 0.1) is 0 Å². The Hall–Kier alpha value is -1.53. The molecule has 1 aromatic carbocycles. The van der Waals surface area contributed by atoms with Gasteiger partial charge in [0.15, 0.2) is 0 Å². The maximum Gasteiger partial charge on any atom is 0.0481 e. The lowest BCUT2D eigenvalue weighted by molar-refractivity contribution is 1.39. The molecule has 2 aliphatic rings. The summed E-state index contributed by atoms with van der Waals surface area (Å²) in [5.41, 5.74) is 5.13. The van der Waals surface area contributed by atoms with Crippen molar-refractivity contribution in [1.29, 1.82) is 0 Å². The smallest absolute Gasteiger partial charge is 0.0481 e. The highest BCUT2D eigenvalue weighted by Gasteiger charge is 2.11. The fourth-order valence-electron chi connectivity index (χ4n) is 2.28. The molecule has 0 N–H and O–H groups in total. The van der Waals surface area contributed by atoms with Crippen molar-refractivity contribution in [3.63, 3.8) is 0 Å². The van der Waals surface area contributed by atoms with E-state index in [4.69, 9.17) is 11.6 Å². The van der Waals surface area contributed by atoms with E-state index in [0.717, 1.165) is 17.9 Å². The van der Waals surface area contributed by atoms with Crippen molar-refractivity contribution in [2.45, 2.75) is 12.8 Å². The lowest BCUT2D eigenvalue weighted by Gasteiger charge is -2.09. The monoisotopic (exact) mass is 240 g/mol. The summed E-state index contributed by atoms with van der Waals surface area (Å²) < 4.78 is 0. The van der Waals surface area contributed by atoms with Crippen molar-refractivity contribution < 1.29 is 0 Å². The van der Waals surface area contributed by atoms with Crippen LogP contribution in [0.25, 0.3) is 11.1 Å². The van der Waals surface area contributed by atoms with Crippen LogP contribution in [-0.4, -0.2) is 0 Å². The van der Waals surface area contributed by atoms with Crippen LogP contribution in [0.1, 0.15) is 24.0 Å². The zero-order valence-corrected chi connectivity index (χ0v) is 10.2. The van der Waals surface area contributed by atoms with E-state index in [1.54, 1.807) is 0 Å². The summed E-state index contributed by atoms with van der Waals surface area (Å²) in [4.78, 5) is 0. The Morgan fingerprint density at radius 2 is 1.59 bits per heavy atom. The van der Waals surface area contributed by atoms with Crippen LogP contribution in [0.4, 0.5) is 0 Å². The highest BCUT2D eigenvalue weighted by Crippen LogP contribution is 2.33. The number of hydrogen-bond acceptors (Lipinski definition) is 0. The van der Waals surface area contributed by atoms with Gasteiger partial charge in [-0.15, -0.1) is 0 Å². The summed E-state index contributed by atoms with van der Waals surface area (Å²) in [6.45, 7) is 0. The predicted molar refractivity (Wildman–Crippen MR) is 74.9 cm³/mol. The Morgan fingerprint density at radius 1 is 0.882 bits per heavy atom. The standard InChI is InChI=1S/C16H13Cl/c17-16-10-9-14(12-5-1-2-6-12)11-15(16)13-7-3-4-8-13/h1-5,7,9-11H,6,8H2. The van der Waals surface area contributed by atoms with Gasteiger partial charge in [-0.05, 0) is 47.2 Å². The Bertz CT molecular complexity index is 571. The van der Waals surface area contributed by atoms with E-state index in [2.05, 4.69) is 48.6 Å². The molecule has 0 atom stereocenters. The first-order valence-electron chi connectivity index (χ1n) is 5.86. The third-order valence-corrected chi connectivity index (χ3v) is 3.56. The van der Waals surface area contributed by atoms with Gasteiger partial charge in [-0.2, -0.15) is 0 Å². The van der Waals surface area contributed by atoms with Gasteiger partial charge in [0.25, 0.3) is 0 Å². The van der Waals surface area contributed by atoms with Gasteiger partial charge in [-0.3, -0.25) is 0 Å². The number of hydrogen-bond donors (Lipinski definition) is 0. The number of allylic oxidation sites excluding steroid dienone is 8. The molecule has 2 aliphatic carbocycles. The molecular weight excluding hydrogens is 228 g/mol. The first-order valence-corrected chi connectivity index (χ1v) is 6.24.